The second-order valence-electron chi connectivity index (χ2n) is 8.45. The smallest absolute Gasteiger partial charge is 0.330 e. The molecule has 35 heavy (non-hydrogen) atoms. The van der Waals surface area contributed by atoms with Crippen LogP contribution in [0.25, 0.3) is 0 Å². The molecule has 0 fully saturated rings. The largest absolute Gasteiger partial charge is 0.416 e. The molecule has 0 spiro atoms. The number of thiophene rings is 1. The van der Waals surface area contributed by atoms with Crippen molar-refractivity contribution in [3.8, 4) is 0 Å². The predicted octanol–water partition coefficient (Wildman–Crippen LogP) is 5.88. The molecule has 2 amide bonds. The normalized spacial score (nSPS) is 15.4. The molecule has 3 aromatic rings. The minimum Gasteiger partial charge on any atom is -0.330 e. The van der Waals surface area contributed by atoms with E-state index in [2.05, 4.69) is 6.58 Å². The number of carbonyl (C=O) groups is 2. The van der Waals surface area contributed by atoms with Crippen LogP contribution in [0.2, 0.25) is 0 Å². The Bertz CT molecular complexity index is 1250. The van der Waals surface area contributed by atoms with Crippen molar-refractivity contribution in [2.45, 2.75) is 25.6 Å². The SMILES string of the molecule is C=CCN(CC(=O)N1CCc2sccc2C1c1ccccc1C)C(=O)c1cccc(C(F)(F)F)c1. The van der Waals surface area contributed by atoms with Gasteiger partial charge in [-0.15, -0.1) is 17.9 Å². The number of fused-ring (bicyclic) bond motifs is 1. The quantitative estimate of drug-likeness (QED) is 0.399. The van der Waals surface area contributed by atoms with E-state index in [9.17, 15) is 22.8 Å². The monoisotopic (exact) mass is 498 g/mol. The zero-order chi connectivity index (χ0) is 25.2. The standard InChI is InChI=1S/C27H25F3N2O2S/c1-3-13-31(26(34)19-8-6-9-20(16-19)27(28,29)30)17-24(33)32-14-11-23-22(12-15-35-23)25(32)21-10-5-4-7-18(21)2/h3-10,12,15-16,25H,1,11,13-14,17H2,2H3. The maximum atomic E-state index is 13.6. The van der Waals surface area contributed by atoms with Gasteiger partial charge >= 0.3 is 6.18 Å². The lowest BCUT2D eigenvalue weighted by molar-refractivity contribution is -0.137. The fourth-order valence-corrected chi connectivity index (χ4v) is 5.36. The van der Waals surface area contributed by atoms with Crippen LogP contribution in [0.1, 0.15) is 43.5 Å². The van der Waals surface area contributed by atoms with Gasteiger partial charge in [0.25, 0.3) is 5.91 Å². The van der Waals surface area contributed by atoms with Gasteiger partial charge in [0, 0.05) is 23.5 Å². The van der Waals surface area contributed by atoms with E-state index in [0.717, 1.165) is 28.8 Å². The van der Waals surface area contributed by atoms with Gasteiger partial charge in [0.05, 0.1) is 11.6 Å². The van der Waals surface area contributed by atoms with Gasteiger partial charge in [0.15, 0.2) is 0 Å². The fraction of sp³-hybridized carbons (Fsp3) is 0.259. The predicted molar refractivity (Wildman–Crippen MR) is 130 cm³/mol. The van der Waals surface area contributed by atoms with Crippen molar-refractivity contribution in [1.29, 1.82) is 0 Å². The van der Waals surface area contributed by atoms with Crippen LogP contribution in [0.4, 0.5) is 13.2 Å². The van der Waals surface area contributed by atoms with E-state index in [-0.39, 0.29) is 30.6 Å². The summed E-state index contributed by atoms with van der Waals surface area (Å²) in [5.74, 6) is -0.915. The number of halogens is 3. The summed E-state index contributed by atoms with van der Waals surface area (Å²) >= 11 is 1.66. The number of hydrogen-bond acceptors (Lipinski definition) is 3. The molecule has 2 heterocycles. The Hall–Kier alpha value is -3.39. The van der Waals surface area contributed by atoms with E-state index in [4.69, 9.17) is 0 Å². The molecule has 1 unspecified atom stereocenters. The maximum Gasteiger partial charge on any atom is 0.416 e. The molecule has 1 aromatic heterocycles. The van der Waals surface area contributed by atoms with Gasteiger partial charge in [0.2, 0.25) is 5.91 Å². The highest BCUT2D eigenvalue weighted by atomic mass is 32.1. The molecule has 0 N–H and O–H groups in total. The van der Waals surface area contributed by atoms with Crippen molar-refractivity contribution >= 4 is 23.2 Å². The first kappa shape index (κ1) is 24.7. The molecule has 8 heteroatoms. The fourth-order valence-electron chi connectivity index (χ4n) is 4.45. The molecule has 2 aromatic carbocycles. The minimum absolute atomic E-state index is 0.0351. The average molecular weight is 499 g/mol. The summed E-state index contributed by atoms with van der Waals surface area (Å²) in [6.45, 7) is 5.92. The Kier molecular flexibility index (Phi) is 7.12. The number of amides is 2. The Balaban J connectivity index is 1.63. The van der Waals surface area contributed by atoms with Crippen LogP contribution in [0, 0.1) is 6.92 Å². The van der Waals surface area contributed by atoms with E-state index < -0.39 is 17.6 Å². The third-order valence-corrected chi connectivity index (χ3v) is 7.17. The summed E-state index contributed by atoms with van der Waals surface area (Å²) < 4.78 is 39.5. The summed E-state index contributed by atoms with van der Waals surface area (Å²) in [7, 11) is 0. The molecule has 1 atom stereocenters. The highest BCUT2D eigenvalue weighted by Gasteiger charge is 2.35. The molecule has 0 saturated carbocycles. The van der Waals surface area contributed by atoms with Crippen LogP contribution < -0.4 is 0 Å². The Labute approximate surface area is 206 Å². The second-order valence-corrected chi connectivity index (χ2v) is 9.45. The lowest BCUT2D eigenvalue weighted by Gasteiger charge is -2.38. The van der Waals surface area contributed by atoms with E-state index in [1.807, 2.05) is 42.6 Å². The summed E-state index contributed by atoms with van der Waals surface area (Å²) in [4.78, 5) is 31.0. The van der Waals surface area contributed by atoms with Gasteiger partial charge in [-0.05, 0) is 59.7 Å². The van der Waals surface area contributed by atoms with Gasteiger partial charge in [-0.2, -0.15) is 13.2 Å². The van der Waals surface area contributed by atoms with Gasteiger partial charge in [-0.3, -0.25) is 9.59 Å². The highest BCUT2D eigenvalue weighted by molar-refractivity contribution is 7.10. The maximum absolute atomic E-state index is 13.6. The topological polar surface area (TPSA) is 40.6 Å². The average Bonchev–Trinajstić information content (AvgIpc) is 3.32. The summed E-state index contributed by atoms with van der Waals surface area (Å²) in [6.07, 6.45) is -2.39. The number of alkyl halides is 3. The van der Waals surface area contributed by atoms with Gasteiger partial charge < -0.3 is 9.80 Å². The first-order valence-electron chi connectivity index (χ1n) is 11.2. The van der Waals surface area contributed by atoms with Crippen molar-refractivity contribution in [3.05, 3.63) is 105 Å². The summed E-state index contributed by atoms with van der Waals surface area (Å²) in [5, 5.41) is 2.02. The van der Waals surface area contributed by atoms with Crippen LogP contribution in [0.15, 0.2) is 72.6 Å². The number of rotatable bonds is 6. The lowest BCUT2D eigenvalue weighted by atomic mass is 9.90. The number of nitrogens with zero attached hydrogens (tertiary/aromatic N) is 2. The molecule has 1 aliphatic rings. The summed E-state index contributed by atoms with van der Waals surface area (Å²) in [6, 6.07) is 13.9. The van der Waals surface area contributed by atoms with Crippen molar-refractivity contribution in [2.24, 2.45) is 0 Å². The van der Waals surface area contributed by atoms with E-state index in [1.54, 1.807) is 16.2 Å². The van der Waals surface area contributed by atoms with Crippen LogP contribution in [-0.2, 0) is 17.4 Å². The van der Waals surface area contributed by atoms with Crippen molar-refractivity contribution < 1.29 is 22.8 Å². The minimum atomic E-state index is -4.57. The zero-order valence-corrected chi connectivity index (χ0v) is 20.0. The van der Waals surface area contributed by atoms with Crippen LogP contribution in [-0.4, -0.2) is 41.2 Å². The number of aryl methyl sites for hydroxylation is 1. The highest BCUT2D eigenvalue weighted by Crippen LogP contribution is 2.39. The van der Waals surface area contributed by atoms with Gasteiger partial charge in [-0.1, -0.05) is 36.4 Å². The molecule has 0 radical (unpaired) electrons. The number of hydrogen-bond donors (Lipinski definition) is 0. The third-order valence-electron chi connectivity index (χ3n) is 6.17. The molecule has 0 bridgehead atoms. The van der Waals surface area contributed by atoms with Crippen LogP contribution >= 0.6 is 11.3 Å². The van der Waals surface area contributed by atoms with Crippen LogP contribution in [0.3, 0.4) is 0 Å². The van der Waals surface area contributed by atoms with E-state index >= 15 is 0 Å². The first-order valence-corrected chi connectivity index (χ1v) is 12.1. The Morgan fingerprint density at radius 1 is 1.14 bits per heavy atom. The third kappa shape index (κ3) is 5.17. The molecular weight excluding hydrogens is 473 g/mol. The molecule has 4 nitrogen and oxygen atoms in total. The first-order chi connectivity index (χ1) is 16.7. The van der Waals surface area contributed by atoms with Gasteiger partial charge in [-0.25, -0.2) is 0 Å². The Morgan fingerprint density at radius 3 is 2.63 bits per heavy atom. The summed E-state index contributed by atoms with van der Waals surface area (Å²) in [5.41, 5.74) is 2.11. The molecule has 0 saturated heterocycles. The van der Waals surface area contributed by atoms with Crippen molar-refractivity contribution in [1.82, 2.24) is 9.80 Å². The second kappa shape index (κ2) is 10.1. The number of carbonyl (C=O) groups excluding carboxylic acids is 2. The van der Waals surface area contributed by atoms with E-state index in [1.165, 1.54) is 28.0 Å². The number of benzene rings is 2. The molecule has 1 aliphatic heterocycles. The van der Waals surface area contributed by atoms with E-state index in [0.29, 0.717) is 13.0 Å². The van der Waals surface area contributed by atoms with Crippen molar-refractivity contribution in [2.75, 3.05) is 19.6 Å². The molecular formula is C27H25F3N2O2S. The lowest BCUT2D eigenvalue weighted by Crippen LogP contribution is -2.47. The van der Waals surface area contributed by atoms with Gasteiger partial charge in [0.1, 0.15) is 6.54 Å². The van der Waals surface area contributed by atoms with Crippen molar-refractivity contribution in [3.63, 3.8) is 0 Å². The Morgan fingerprint density at radius 2 is 1.91 bits per heavy atom. The molecule has 0 aliphatic carbocycles. The molecule has 4 rings (SSSR count). The zero-order valence-electron chi connectivity index (χ0n) is 19.2. The van der Waals surface area contributed by atoms with Crippen LogP contribution in [0.5, 0.6) is 0 Å². The molecule has 182 valence electrons.